The summed E-state index contributed by atoms with van der Waals surface area (Å²) in [4.78, 5) is 14.4. The fraction of sp³-hybridized carbons (Fsp3) is 0.214. The summed E-state index contributed by atoms with van der Waals surface area (Å²) in [7, 11) is 0. The number of alkyl halides is 3. The van der Waals surface area contributed by atoms with Crippen LogP contribution >= 0.6 is 0 Å². The summed E-state index contributed by atoms with van der Waals surface area (Å²) >= 11 is 0. The van der Waals surface area contributed by atoms with Gasteiger partial charge in [0.2, 0.25) is 0 Å². The standard InChI is InChI=1S/C14H12F3NO2/c1-2-20-13(19)12-11(6-7-18-12)9-4-3-5-10(8-9)14(15,16)17/h3-8,18H,2H2,1H3. The zero-order chi connectivity index (χ0) is 14.8. The van der Waals surface area contributed by atoms with Gasteiger partial charge in [0.25, 0.3) is 0 Å². The number of carbonyl (C=O) groups excluding carboxylic acids is 1. The Morgan fingerprint density at radius 3 is 2.70 bits per heavy atom. The lowest BCUT2D eigenvalue weighted by Gasteiger charge is -2.09. The number of hydrogen-bond donors (Lipinski definition) is 1. The second-order valence-electron chi connectivity index (χ2n) is 4.07. The summed E-state index contributed by atoms with van der Waals surface area (Å²) in [5.74, 6) is -0.593. The number of nitrogens with one attached hydrogen (secondary N) is 1. The van der Waals surface area contributed by atoms with Crippen molar-refractivity contribution in [2.75, 3.05) is 6.61 Å². The van der Waals surface area contributed by atoms with E-state index in [1.807, 2.05) is 0 Å². The maximum absolute atomic E-state index is 12.7. The summed E-state index contributed by atoms with van der Waals surface area (Å²) in [6, 6.07) is 6.36. The summed E-state index contributed by atoms with van der Waals surface area (Å²) in [5.41, 5.74) is 0.0795. The molecule has 1 aromatic heterocycles. The Labute approximate surface area is 113 Å². The topological polar surface area (TPSA) is 42.1 Å². The number of hydrogen-bond acceptors (Lipinski definition) is 2. The largest absolute Gasteiger partial charge is 0.461 e. The summed E-state index contributed by atoms with van der Waals surface area (Å²) < 4.78 is 42.9. The Bertz CT molecular complexity index is 617. The van der Waals surface area contributed by atoms with Gasteiger partial charge in [-0.25, -0.2) is 4.79 Å². The highest BCUT2D eigenvalue weighted by molar-refractivity contribution is 5.95. The van der Waals surface area contributed by atoms with Gasteiger partial charge in [-0.1, -0.05) is 12.1 Å². The number of H-pyrrole nitrogens is 1. The van der Waals surface area contributed by atoms with Crippen molar-refractivity contribution in [3.8, 4) is 11.1 Å². The highest BCUT2D eigenvalue weighted by atomic mass is 19.4. The van der Waals surface area contributed by atoms with Crippen LogP contribution in [0.4, 0.5) is 13.2 Å². The van der Waals surface area contributed by atoms with Crippen LogP contribution in [0, 0.1) is 0 Å². The van der Waals surface area contributed by atoms with E-state index in [0.717, 1.165) is 12.1 Å². The van der Waals surface area contributed by atoms with E-state index in [2.05, 4.69) is 4.98 Å². The molecule has 0 saturated heterocycles. The Morgan fingerprint density at radius 1 is 1.30 bits per heavy atom. The van der Waals surface area contributed by atoms with E-state index in [0.29, 0.717) is 11.1 Å². The number of carbonyl (C=O) groups is 1. The number of rotatable bonds is 3. The van der Waals surface area contributed by atoms with Gasteiger partial charge in [0.1, 0.15) is 5.69 Å². The molecule has 1 heterocycles. The molecule has 1 N–H and O–H groups in total. The molecule has 6 heteroatoms. The average Bonchev–Trinajstić information content (AvgIpc) is 2.87. The normalized spacial score (nSPS) is 11.4. The van der Waals surface area contributed by atoms with Gasteiger partial charge in [0.15, 0.2) is 0 Å². The third kappa shape index (κ3) is 2.84. The molecule has 0 spiro atoms. The average molecular weight is 283 g/mol. The fourth-order valence-electron chi connectivity index (χ4n) is 1.85. The SMILES string of the molecule is CCOC(=O)c1[nH]ccc1-c1cccc(C(F)(F)F)c1. The molecule has 2 rings (SSSR count). The van der Waals surface area contributed by atoms with Crippen LogP contribution in [0.2, 0.25) is 0 Å². The summed E-state index contributed by atoms with van der Waals surface area (Å²) in [6.07, 6.45) is -2.93. The predicted octanol–water partition coefficient (Wildman–Crippen LogP) is 3.88. The van der Waals surface area contributed by atoms with Crippen molar-refractivity contribution in [2.45, 2.75) is 13.1 Å². The third-order valence-corrected chi connectivity index (χ3v) is 2.73. The van der Waals surface area contributed by atoms with Gasteiger partial charge in [-0.15, -0.1) is 0 Å². The number of halogens is 3. The van der Waals surface area contributed by atoms with Gasteiger partial charge in [0.05, 0.1) is 12.2 Å². The second kappa shape index (κ2) is 5.40. The molecular formula is C14H12F3NO2. The van der Waals surface area contributed by atoms with E-state index in [9.17, 15) is 18.0 Å². The molecule has 0 fully saturated rings. The maximum atomic E-state index is 12.7. The van der Waals surface area contributed by atoms with Gasteiger partial charge in [-0.3, -0.25) is 0 Å². The van der Waals surface area contributed by atoms with Crippen molar-refractivity contribution in [3.63, 3.8) is 0 Å². The van der Waals surface area contributed by atoms with E-state index >= 15 is 0 Å². The van der Waals surface area contributed by atoms with E-state index in [1.54, 1.807) is 13.0 Å². The lowest BCUT2D eigenvalue weighted by Crippen LogP contribution is -2.07. The zero-order valence-corrected chi connectivity index (χ0v) is 10.6. The Morgan fingerprint density at radius 2 is 2.05 bits per heavy atom. The highest BCUT2D eigenvalue weighted by Crippen LogP contribution is 2.33. The molecule has 0 amide bonds. The lowest BCUT2D eigenvalue weighted by atomic mass is 10.0. The molecule has 0 bridgehead atoms. The smallest absolute Gasteiger partial charge is 0.416 e. The molecule has 20 heavy (non-hydrogen) atoms. The van der Waals surface area contributed by atoms with E-state index in [4.69, 9.17) is 4.74 Å². The van der Waals surface area contributed by atoms with Crippen LogP contribution < -0.4 is 0 Å². The fourth-order valence-corrected chi connectivity index (χ4v) is 1.85. The minimum atomic E-state index is -4.42. The molecule has 2 aromatic rings. The number of aromatic nitrogens is 1. The molecule has 0 aliphatic carbocycles. The van der Waals surface area contributed by atoms with Crippen molar-refractivity contribution < 1.29 is 22.7 Å². The quantitative estimate of drug-likeness (QED) is 0.869. The first-order chi connectivity index (χ1) is 9.43. The van der Waals surface area contributed by atoms with E-state index < -0.39 is 17.7 Å². The first-order valence-corrected chi connectivity index (χ1v) is 5.95. The molecule has 0 aliphatic heterocycles. The van der Waals surface area contributed by atoms with Crippen molar-refractivity contribution in [2.24, 2.45) is 0 Å². The molecule has 0 aliphatic rings. The van der Waals surface area contributed by atoms with E-state index in [-0.39, 0.29) is 12.3 Å². The monoisotopic (exact) mass is 283 g/mol. The number of esters is 1. The first kappa shape index (κ1) is 14.2. The highest BCUT2D eigenvalue weighted by Gasteiger charge is 2.30. The van der Waals surface area contributed by atoms with Gasteiger partial charge in [0, 0.05) is 11.8 Å². The van der Waals surface area contributed by atoms with Crippen LogP contribution in [0.15, 0.2) is 36.5 Å². The van der Waals surface area contributed by atoms with Crippen molar-refractivity contribution in [3.05, 3.63) is 47.8 Å². The van der Waals surface area contributed by atoms with Gasteiger partial charge < -0.3 is 9.72 Å². The third-order valence-electron chi connectivity index (χ3n) is 2.73. The number of aromatic amines is 1. The Balaban J connectivity index is 2.43. The molecule has 0 atom stereocenters. The van der Waals surface area contributed by atoms with Crippen LogP contribution in [0.25, 0.3) is 11.1 Å². The summed E-state index contributed by atoms with van der Waals surface area (Å²) in [5, 5.41) is 0. The predicted molar refractivity (Wildman–Crippen MR) is 67.2 cm³/mol. The molecule has 1 aromatic carbocycles. The van der Waals surface area contributed by atoms with Gasteiger partial charge in [-0.2, -0.15) is 13.2 Å². The molecule has 0 radical (unpaired) electrons. The molecular weight excluding hydrogens is 271 g/mol. The Hall–Kier alpha value is -2.24. The second-order valence-corrected chi connectivity index (χ2v) is 4.07. The van der Waals surface area contributed by atoms with Crippen molar-refractivity contribution in [1.29, 1.82) is 0 Å². The van der Waals surface area contributed by atoms with Gasteiger partial charge in [-0.05, 0) is 30.7 Å². The van der Waals surface area contributed by atoms with Crippen LogP contribution in [-0.4, -0.2) is 17.6 Å². The van der Waals surface area contributed by atoms with Crippen LogP contribution in [0.3, 0.4) is 0 Å². The minimum absolute atomic E-state index is 0.145. The molecule has 3 nitrogen and oxygen atoms in total. The van der Waals surface area contributed by atoms with Crippen LogP contribution in [0.5, 0.6) is 0 Å². The number of ether oxygens (including phenoxy) is 1. The number of benzene rings is 1. The van der Waals surface area contributed by atoms with Crippen molar-refractivity contribution >= 4 is 5.97 Å². The molecule has 0 saturated carbocycles. The zero-order valence-electron chi connectivity index (χ0n) is 10.6. The molecule has 106 valence electrons. The van der Waals surface area contributed by atoms with Gasteiger partial charge >= 0.3 is 12.1 Å². The molecule has 0 unspecified atom stereocenters. The summed E-state index contributed by atoms with van der Waals surface area (Å²) in [6.45, 7) is 1.85. The Kier molecular flexibility index (Phi) is 3.83. The maximum Gasteiger partial charge on any atom is 0.416 e. The first-order valence-electron chi connectivity index (χ1n) is 5.95. The van der Waals surface area contributed by atoms with E-state index in [1.165, 1.54) is 18.3 Å². The van der Waals surface area contributed by atoms with Crippen LogP contribution in [0.1, 0.15) is 23.0 Å². The van der Waals surface area contributed by atoms with Crippen LogP contribution in [-0.2, 0) is 10.9 Å². The lowest BCUT2D eigenvalue weighted by molar-refractivity contribution is -0.137. The van der Waals surface area contributed by atoms with Crippen molar-refractivity contribution in [1.82, 2.24) is 4.98 Å². The minimum Gasteiger partial charge on any atom is -0.461 e.